The van der Waals surface area contributed by atoms with Crippen LogP contribution in [0.4, 0.5) is 0 Å². The van der Waals surface area contributed by atoms with Gasteiger partial charge < -0.3 is 14.0 Å². The molecule has 0 amide bonds. The molecule has 0 radical (unpaired) electrons. The molecular weight excluding hydrogens is 260 g/mol. The number of hydrogen-bond donors (Lipinski definition) is 0. The van der Waals surface area contributed by atoms with Gasteiger partial charge >= 0.3 is 5.97 Å². The molecule has 1 aromatic carbocycles. The molecule has 0 spiro atoms. The Morgan fingerprint density at radius 3 is 2.75 bits per heavy atom. The first kappa shape index (κ1) is 13.8. The zero-order valence-electron chi connectivity index (χ0n) is 11.2. The van der Waals surface area contributed by atoms with Crippen molar-refractivity contribution < 1.29 is 18.8 Å². The number of carbonyl (C=O) groups is 1. The molecule has 104 valence electrons. The summed E-state index contributed by atoms with van der Waals surface area (Å²) >= 11 is 0. The van der Waals surface area contributed by atoms with Gasteiger partial charge in [-0.1, -0.05) is 11.2 Å². The van der Waals surface area contributed by atoms with E-state index in [-0.39, 0.29) is 12.5 Å². The van der Waals surface area contributed by atoms with Gasteiger partial charge in [0.25, 0.3) is 5.89 Å². The highest BCUT2D eigenvalue weighted by molar-refractivity contribution is 5.81. The van der Waals surface area contributed by atoms with Gasteiger partial charge in [-0.15, -0.1) is 0 Å². The largest absolute Gasteiger partial charge is 0.497 e. The molecule has 6 heteroatoms. The van der Waals surface area contributed by atoms with Gasteiger partial charge in [-0.2, -0.15) is 4.98 Å². The van der Waals surface area contributed by atoms with Crippen LogP contribution in [0.15, 0.2) is 40.9 Å². The lowest BCUT2D eigenvalue weighted by molar-refractivity contribution is -0.139. The number of esters is 1. The Kier molecular flexibility index (Phi) is 4.49. The van der Waals surface area contributed by atoms with Gasteiger partial charge in [0.1, 0.15) is 5.75 Å². The van der Waals surface area contributed by atoms with Crippen molar-refractivity contribution in [1.82, 2.24) is 10.1 Å². The van der Waals surface area contributed by atoms with Crippen LogP contribution < -0.4 is 4.74 Å². The molecule has 2 rings (SSSR count). The van der Waals surface area contributed by atoms with Crippen LogP contribution in [0.2, 0.25) is 0 Å². The second-order valence-corrected chi connectivity index (χ2v) is 3.85. The van der Waals surface area contributed by atoms with Gasteiger partial charge in [0.2, 0.25) is 5.82 Å². The summed E-state index contributed by atoms with van der Waals surface area (Å²) in [6, 6.07) is 7.24. The average molecular weight is 274 g/mol. The quantitative estimate of drug-likeness (QED) is 0.615. The molecule has 0 saturated heterocycles. The van der Waals surface area contributed by atoms with Gasteiger partial charge in [-0.3, -0.25) is 0 Å². The molecule has 1 aromatic heterocycles. The highest BCUT2D eigenvalue weighted by atomic mass is 16.6. The van der Waals surface area contributed by atoms with Crippen LogP contribution in [-0.4, -0.2) is 23.2 Å². The summed E-state index contributed by atoms with van der Waals surface area (Å²) in [6.45, 7) is 1.68. The lowest BCUT2D eigenvalue weighted by atomic mass is 10.2. The van der Waals surface area contributed by atoms with Crippen LogP contribution in [0.1, 0.15) is 12.8 Å². The van der Waals surface area contributed by atoms with E-state index in [1.807, 2.05) is 12.1 Å². The van der Waals surface area contributed by atoms with Gasteiger partial charge in [0, 0.05) is 11.6 Å². The fourth-order valence-corrected chi connectivity index (χ4v) is 1.49. The van der Waals surface area contributed by atoms with Crippen molar-refractivity contribution in [3.63, 3.8) is 0 Å². The van der Waals surface area contributed by atoms with E-state index in [0.717, 1.165) is 11.3 Å². The van der Waals surface area contributed by atoms with Crippen molar-refractivity contribution in [2.24, 2.45) is 0 Å². The number of aromatic nitrogens is 2. The van der Waals surface area contributed by atoms with E-state index in [1.165, 1.54) is 6.08 Å². The van der Waals surface area contributed by atoms with Crippen LogP contribution in [0.25, 0.3) is 11.4 Å². The topological polar surface area (TPSA) is 74.5 Å². The van der Waals surface area contributed by atoms with Crippen LogP contribution in [0, 0.1) is 0 Å². The lowest BCUT2D eigenvalue weighted by Crippen LogP contribution is -2.00. The zero-order valence-corrected chi connectivity index (χ0v) is 11.2. The van der Waals surface area contributed by atoms with Crippen molar-refractivity contribution in [3.05, 3.63) is 42.3 Å². The number of benzene rings is 1. The van der Waals surface area contributed by atoms with Crippen LogP contribution in [0.5, 0.6) is 5.75 Å². The van der Waals surface area contributed by atoms with E-state index < -0.39 is 5.97 Å². The van der Waals surface area contributed by atoms with E-state index in [4.69, 9.17) is 14.0 Å². The van der Waals surface area contributed by atoms with Gasteiger partial charge in [-0.25, -0.2) is 4.79 Å². The average Bonchev–Trinajstić information content (AvgIpc) is 2.94. The SMILES string of the molecule is C/C=C/C(=O)OCc1nc(-c2ccc(OC)cc2)no1. The third-order valence-electron chi connectivity index (χ3n) is 2.46. The molecule has 0 N–H and O–H groups in total. The van der Waals surface area contributed by atoms with Gasteiger partial charge in [0.15, 0.2) is 6.61 Å². The number of hydrogen-bond acceptors (Lipinski definition) is 6. The highest BCUT2D eigenvalue weighted by Crippen LogP contribution is 2.19. The molecular formula is C14H14N2O4. The second kappa shape index (κ2) is 6.51. The lowest BCUT2D eigenvalue weighted by Gasteiger charge is -1.99. The summed E-state index contributed by atoms with van der Waals surface area (Å²) < 4.78 is 15.0. The smallest absolute Gasteiger partial charge is 0.330 e. The molecule has 1 heterocycles. The Balaban J connectivity index is 2.02. The molecule has 0 bridgehead atoms. The maximum atomic E-state index is 11.2. The number of rotatable bonds is 5. The van der Waals surface area contributed by atoms with Crippen LogP contribution in [-0.2, 0) is 16.1 Å². The maximum absolute atomic E-state index is 11.2. The summed E-state index contributed by atoms with van der Waals surface area (Å²) in [5, 5.41) is 3.83. The minimum Gasteiger partial charge on any atom is -0.497 e. The molecule has 6 nitrogen and oxygen atoms in total. The molecule has 0 unspecified atom stereocenters. The van der Waals surface area contributed by atoms with E-state index in [0.29, 0.717) is 5.82 Å². The molecule has 0 aliphatic heterocycles. The van der Waals surface area contributed by atoms with Crippen LogP contribution in [0.3, 0.4) is 0 Å². The Hall–Kier alpha value is -2.63. The first-order valence-electron chi connectivity index (χ1n) is 5.99. The number of methoxy groups -OCH3 is 1. The third kappa shape index (κ3) is 3.44. The Bertz CT molecular complexity index is 602. The third-order valence-corrected chi connectivity index (χ3v) is 2.46. The summed E-state index contributed by atoms with van der Waals surface area (Å²) in [6.07, 6.45) is 2.92. The Morgan fingerprint density at radius 2 is 2.10 bits per heavy atom. The minimum absolute atomic E-state index is 0.0493. The maximum Gasteiger partial charge on any atom is 0.330 e. The van der Waals surface area contributed by atoms with E-state index in [2.05, 4.69) is 10.1 Å². The van der Waals surface area contributed by atoms with Crippen molar-refractivity contribution in [3.8, 4) is 17.1 Å². The molecule has 20 heavy (non-hydrogen) atoms. The normalized spacial score (nSPS) is 10.7. The predicted molar refractivity (Wildman–Crippen MR) is 70.9 cm³/mol. The molecule has 2 aromatic rings. The number of ether oxygens (including phenoxy) is 2. The highest BCUT2D eigenvalue weighted by Gasteiger charge is 2.10. The van der Waals surface area contributed by atoms with Crippen molar-refractivity contribution in [1.29, 1.82) is 0 Å². The first-order valence-corrected chi connectivity index (χ1v) is 5.99. The minimum atomic E-state index is -0.448. The molecule has 0 aliphatic carbocycles. The van der Waals surface area contributed by atoms with Crippen molar-refractivity contribution >= 4 is 5.97 Å². The van der Waals surface area contributed by atoms with Crippen LogP contribution >= 0.6 is 0 Å². The summed E-state index contributed by atoms with van der Waals surface area (Å²) in [4.78, 5) is 15.3. The zero-order chi connectivity index (χ0) is 14.4. The molecule has 0 atom stereocenters. The van der Waals surface area contributed by atoms with Crippen molar-refractivity contribution in [2.75, 3.05) is 7.11 Å². The summed E-state index contributed by atoms with van der Waals surface area (Å²) in [5.74, 6) is 0.979. The fraction of sp³-hybridized carbons (Fsp3) is 0.214. The van der Waals surface area contributed by atoms with Gasteiger partial charge in [0.05, 0.1) is 7.11 Å². The molecule has 0 aliphatic rings. The Morgan fingerprint density at radius 1 is 1.35 bits per heavy atom. The monoisotopic (exact) mass is 274 g/mol. The predicted octanol–water partition coefficient (Wildman–Crippen LogP) is 2.36. The van der Waals surface area contributed by atoms with E-state index in [9.17, 15) is 4.79 Å². The second-order valence-electron chi connectivity index (χ2n) is 3.85. The fourth-order valence-electron chi connectivity index (χ4n) is 1.49. The number of allylic oxidation sites excluding steroid dienone is 1. The number of nitrogens with zero attached hydrogens (tertiary/aromatic N) is 2. The molecule has 0 fully saturated rings. The summed E-state index contributed by atoms with van der Waals surface area (Å²) in [7, 11) is 1.60. The molecule has 0 saturated carbocycles. The number of carbonyl (C=O) groups excluding carboxylic acids is 1. The standard InChI is InChI=1S/C14H14N2O4/c1-3-4-13(17)19-9-12-15-14(16-20-12)10-5-7-11(18-2)8-6-10/h3-8H,9H2,1-2H3/b4-3+. The van der Waals surface area contributed by atoms with E-state index >= 15 is 0 Å². The van der Waals surface area contributed by atoms with E-state index in [1.54, 1.807) is 32.2 Å². The van der Waals surface area contributed by atoms with Crippen molar-refractivity contribution in [2.45, 2.75) is 13.5 Å². The Labute approximate surface area is 116 Å². The van der Waals surface area contributed by atoms with Gasteiger partial charge in [-0.05, 0) is 31.2 Å². The summed E-state index contributed by atoms with van der Waals surface area (Å²) in [5.41, 5.74) is 0.792. The first-order chi connectivity index (χ1) is 9.72.